The van der Waals surface area contributed by atoms with Gasteiger partial charge in [-0.2, -0.15) is 0 Å². The van der Waals surface area contributed by atoms with Crippen LogP contribution in [0.5, 0.6) is 0 Å². The smallest absolute Gasteiger partial charge is 0.338 e. The summed E-state index contributed by atoms with van der Waals surface area (Å²) >= 11 is 11.5. The number of benzene rings is 2. The number of hydrogen-bond acceptors (Lipinski definition) is 3. The third kappa shape index (κ3) is 6.00. The van der Waals surface area contributed by atoms with Crippen LogP contribution in [0, 0.1) is 6.92 Å². The van der Waals surface area contributed by atoms with Gasteiger partial charge in [0, 0.05) is 17.3 Å². The Morgan fingerprint density at radius 3 is 2.69 bits per heavy atom. The fourth-order valence-corrected chi connectivity index (χ4v) is 2.94. The molecule has 0 heterocycles. The highest BCUT2D eigenvalue weighted by molar-refractivity contribution is 7.80. The van der Waals surface area contributed by atoms with Crippen LogP contribution in [0.3, 0.4) is 0 Å². The van der Waals surface area contributed by atoms with Crippen molar-refractivity contribution in [3.05, 3.63) is 64.2 Å². The van der Waals surface area contributed by atoms with E-state index in [9.17, 15) is 4.79 Å². The number of anilines is 1. The third-order valence-electron chi connectivity index (χ3n) is 3.85. The maximum absolute atomic E-state index is 11.8. The van der Waals surface area contributed by atoms with Crippen LogP contribution in [-0.2, 0) is 11.2 Å². The van der Waals surface area contributed by atoms with Gasteiger partial charge in [-0.15, -0.1) is 0 Å². The quantitative estimate of drug-likeness (QED) is 0.406. The van der Waals surface area contributed by atoms with Gasteiger partial charge >= 0.3 is 5.97 Å². The van der Waals surface area contributed by atoms with E-state index in [1.165, 1.54) is 0 Å². The van der Waals surface area contributed by atoms with E-state index in [1.54, 1.807) is 19.1 Å². The molecule has 0 bridgehead atoms. The zero-order valence-electron chi connectivity index (χ0n) is 15.0. The maximum atomic E-state index is 11.8. The SMILES string of the molecule is CCOC(=O)c1ccc(NC(=S)NCCCc2ccccc2Cl)c(C)c1. The van der Waals surface area contributed by atoms with Crippen LogP contribution >= 0.6 is 23.8 Å². The Morgan fingerprint density at radius 1 is 1.23 bits per heavy atom. The molecule has 0 saturated heterocycles. The van der Waals surface area contributed by atoms with Crippen molar-refractivity contribution in [1.82, 2.24) is 5.32 Å². The van der Waals surface area contributed by atoms with E-state index in [-0.39, 0.29) is 5.97 Å². The second kappa shape index (κ2) is 10.1. The van der Waals surface area contributed by atoms with Gasteiger partial charge in [0.15, 0.2) is 5.11 Å². The average molecular weight is 391 g/mol. The van der Waals surface area contributed by atoms with Crippen molar-refractivity contribution in [2.45, 2.75) is 26.7 Å². The lowest BCUT2D eigenvalue weighted by Crippen LogP contribution is -2.29. The van der Waals surface area contributed by atoms with Crippen LogP contribution in [0.1, 0.15) is 34.8 Å². The first-order valence-electron chi connectivity index (χ1n) is 8.57. The summed E-state index contributed by atoms with van der Waals surface area (Å²) < 4.78 is 5.01. The molecule has 0 radical (unpaired) electrons. The van der Waals surface area contributed by atoms with Crippen molar-refractivity contribution in [2.24, 2.45) is 0 Å². The molecular weight excluding hydrogens is 368 g/mol. The van der Waals surface area contributed by atoms with Crippen LogP contribution in [-0.4, -0.2) is 24.2 Å². The molecule has 2 N–H and O–H groups in total. The van der Waals surface area contributed by atoms with E-state index in [0.29, 0.717) is 17.3 Å². The van der Waals surface area contributed by atoms with Gasteiger partial charge < -0.3 is 15.4 Å². The highest BCUT2D eigenvalue weighted by Gasteiger charge is 2.09. The molecule has 6 heteroatoms. The monoisotopic (exact) mass is 390 g/mol. The number of nitrogens with one attached hydrogen (secondary N) is 2. The van der Waals surface area contributed by atoms with E-state index in [4.69, 9.17) is 28.6 Å². The number of rotatable bonds is 7. The molecule has 2 aromatic rings. The lowest BCUT2D eigenvalue weighted by atomic mass is 10.1. The summed E-state index contributed by atoms with van der Waals surface area (Å²) in [5, 5.41) is 7.70. The molecule has 0 saturated carbocycles. The fourth-order valence-electron chi connectivity index (χ4n) is 2.49. The van der Waals surface area contributed by atoms with Crippen LogP contribution in [0.2, 0.25) is 5.02 Å². The number of ether oxygens (including phenoxy) is 1. The van der Waals surface area contributed by atoms with E-state index in [2.05, 4.69) is 10.6 Å². The third-order valence-corrected chi connectivity index (χ3v) is 4.47. The number of esters is 1. The summed E-state index contributed by atoms with van der Waals surface area (Å²) in [4.78, 5) is 11.8. The molecule has 4 nitrogen and oxygen atoms in total. The minimum absolute atomic E-state index is 0.317. The first-order valence-corrected chi connectivity index (χ1v) is 9.36. The van der Waals surface area contributed by atoms with Crippen molar-refractivity contribution in [2.75, 3.05) is 18.5 Å². The normalized spacial score (nSPS) is 10.3. The molecule has 138 valence electrons. The molecule has 0 aliphatic heterocycles. The van der Waals surface area contributed by atoms with Gasteiger partial charge in [0.25, 0.3) is 0 Å². The van der Waals surface area contributed by atoms with Gasteiger partial charge in [0.2, 0.25) is 0 Å². The first kappa shape index (κ1) is 20.2. The standard InChI is InChI=1S/C20H23ClN2O2S/c1-3-25-19(24)16-10-11-18(14(2)13-16)23-20(26)22-12-6-8-15-7-4-5-9-17(15)21/h4-5,7,9-11,13H,3,6,8,12H2,1-2H3,(H2,22,23,26). The number of thiocarbonyl (C=S) groups is 1. The zero-order chi connectivity index (χ0) is 18.9. The minimum atomic E-state index is -0.317. The van der Waals surface area contributed by atoms with Gasteiger partial charge in [-0.3, -0.25) is 0 Å². The second-order valence-corrected chi connectivity index (χ2v) is 6.64. The summed E-state index contributed by atoms with van der Waals surface area (Å²) in [7, 11) is 0. The Morgan fingerprint density at radius 2 is 2.00 bits per heavy atom. The summed E-state index contributed by atoms with van der Waals surface area (Å²) in [5.41, 5.74) is 3.46. The minimum Gasteiger partial charge on any atom is -0.462 e. The summed E-state index contributed by atoms with van der Waals surface area (Å²) in [6.45, 7) is 4.82. The molecule has 0 unspecified atom stereocenters. The van der Waals surface area contributed by atoms with Crippen molar-refractivity contribution >= 4 is 40.6 Å². The fraction of sp³-hybridized carbons (Fsp3) is 0.300. The van der Waals surface area contributed by atoms with Gasteiger partial charge in [-0.1, -0.05) is 29.8 Å². The largest absolute Gasteiger partial charge is 0.462 e. The number of aryl methyl sites for hydroxylation is 2. The molecular formula is C20H23ClN2O2S. The molecule has 0 aliphatic rings. The number of hydrogen-bond donors (Lipinski definition) is 2. The first-order chi connectivity index (χ1) is 12.5. The Balaban J connectivity index is 1.80. The lowest BCUT2D eigenvalue weighted by Gasteiger charge is -2.13. The van der Waals surface area contributed by atoms with E-state index >= 15 is 0 Å². The highest BCUT2D eigenvalue weighted by atomic mass is 35.5. The Bertz CT molecular complexity index is 780. The molecule has 0 aromatic heterocycles. The summed E-state index contributed by atoms with van der Waals surface area (Å²) in [6, 6.07) is 13.2. The Labute approximate surface area is 164 Å². The molecule has 0 fully saturated rings. The number of carbonyl (C=O) groups is 1. The van der Waals surface area contributed by atoms with E-state index in [1.807, 2.05) is 37.3 Å². The van der Waals surface area contributed by atoms with Crippen molar-refractivity contribution < 1.29 is 9.53 Å². The second-order valence-electron chi connectivity index (χ2n) is 5.83. The van der Waals surface area contributed by atoms with E-state index in [0.717, 1.165) is 41.2 Å². The van der Waals surface area contributed by atoms with Crippen LogP contribution in [0.4, 0.5) is 5.69 Å². The van der Waals surface area contributed by atoms with Gasteiger partial charge in [0.1, 0.15) is 0 Å². The van der Waals surface area contributed by atoms with E-state index < -0.39 is 0 Å². The van der Waals surface area contributed by atoms with Gasteiger partial charge in [-0.25, -0.2) is 4.79 Å². The number of halogens is 1. The number of carbonyl (C=O) groups excluding carboxylic acids is 1. The average Bonchev–Trinajstić information content (AvgIpc) is 2.62. The van der Waals surface area contributed by atoms with Crippen molar-refractivity contribution in [1.29, 1.82) is 0 Å². The summed E-state index contributed by atoms with van der Waals surface area (Å²) in [5.74, 6) is -0.317. The molecule has 0 atom stereocenters. The van der Waals surface area contributed by atoms with Gasteiger partial charge in [0.05, 0.1) is 12.2 Å². The van der Waals surface area contributed by atoms with Crippen LogP contribution < -0.4 is 10.6 Å². The molecule has 26 heavy (non-hydrogen) atoms. The predicted octanol–water partition coefficient (Wildman–Crippen LogP) is 4.74. The highest BCUT2D eigenvalue weighted by Crippen LogP contribution is 2.18. The maximum Gasteiger partial charge on any atom is 0.338 e. The molecule has 2 rings (SSSR count). The Hall–Kier alpha value is -2.11. The molecule has 0 aliphatic carbocycles. The van der Waals surface area contributed by atoms with Crippen molar-refractivity contribution in [3.63, 3.8) is 0 Å². The molecule has 0 amide bonds. The predicted molar refractivity (Wildman–Crippen MR) is 111 cm³/mol. The van der Waals surface area contributed by atoms with Crippen molar-refractivity contribution in [3.8, 4) is 0 Å². The summed E-state index contributed by atoms with van der Waals surface area (Å²) in [6.07, 6.45) is 1.81. The molecule has 2 aromatic carbocycles. The van der Waals surface area contributed by atoms with Gasteiger partial charge in [-0.05, 0) is 74.3 Å². The lowest BCUT2D eigenvalue weighted by molar-refractivity contribution is 0.0526. The Kier molecular flexibility index (Phi) is 7.88. The topological polar surface area (TPSA) is 50.4 Å². The molecule has 0 spiro atoms. The van der Waals surface area contributed by atoms with Crippen LogP contribution in [0.25, 0.3) is 0 Å². The van der Waals surface area contributed by atoms with Crippen LogP contribution in [0.15, 0.2) is 42.5 Å². The zero-order valence-corrected chi connectivity index (χ0v) is 16.5.